The predicted octanol–water partition coefficient (Wildman–Crippen LogP) is 1.05. The maximum atomic E-state index is 9.92. The predicted molar refractivity (Wildman–Crippen MR) is 58.1 cm³/mol. The zero-order chi connectivity index (χ0) is 11.1. The van der Waals surface area contributed by atoms with Crippen LogP contribution < -0.4 is 0 Å². The van der Waals surface area contributed by atoms with E-state index < -0.39 is 11.9 Å². The van der Waals surface area contributed by atoms with Crippen molar-refractivity contribution >= 4 is 41.5 Å². The van der Waals surface area contributed by atoms with E-state index in [0.717, 1.165) is 12.2 Å². The summed E-state index contributed by atoms with van der Waals surface area (Å²) in [5, 5.41) is 0. The van der Waals surface area contributed by atoms with Crippen LogP contribution in [0.5, 0.6) is 0 Å². The molecular formula is C10H13NaO4. The van der Waals surface area contributed by atoms with Crippen molar-refractivity contribution in [1.82, 2.24) is 0 Å². The molecule has 15 heavy (non-hydrogen) atoms. The van der Waals surface area contributed by atoms with Crippen LogP contribution in [0, 0.1) is 0 Å². The molecule has 0 aromatic heterocycles. The number of allylic oxidation sites excluding steroid dienone is 2. The van der Waals surface area contributed by atoms with Gasteiger partial charge in [-0.25, -0.2) is 9.59 Å². The summed E-state index contributed by atoms with van der Waals surface area (Å²) >= 11 is 0. The van der Waals surface area contributed by atoms with Crippen molar-refractivity contribution < 1.29 is 19.1 Å². The molecule has 0 radical (unpaired) electrons. The first-order valence-electron chi connectivity index (χ1n) is 3.84. The van der Waals surface area contributed by atoms with Gasteiger partial charge in [0.05, 0.1) is 11.5 Å². The summed E-state index contributed by atoms with van der Waals surface area (Å²) in [5.74, 6) is 0.218. The first kappa shape index (κ1) is 16.6. The van der Waals surface area contributed by atoms with Gasteiger partial charge in [0.25, 0.3) is 0 Å². The summed E-state index contributed by atoms with van der Waals surface area (Å²) in [6.45, 7) is 10.6. The zero-order valence-electron chi connectivity index (χ0n) is 8.20. The van der Waals surface area contributed by atoms with Gasteiger partial charge in [-0.3, -0.25) is 0 Å². The molecule has 1 heterocycles. The number of hydrogen-bond donors (Lipinski definition) is 0. The first-order chi connectivity index (χ1) is 6.41. The number of carbonyl (C=O) groups is 2. The van der Waals surface area contributed by atoms with Crippen LogP contribution in [-0.4, -0.2) is 41.5 Å². The molecule has 1 aliphatic rings. The van der Waals surface area contributed by atoms with Gasteiger partial charge in [-0.05, 0) is 13.8 Å². The summed E-state index contributed by atoms with van der Waals surface area (Å²) < 4.78 is 8.83. The Hall–Kier alpha value is -0.840. The molecule has 0 atom stereocenters. The van der Waals surface area contributed by atoms with Gasteiger partial charge >= 0.3 is 41.5 Å². The van der Waals surface area contributed by atoms with E-state index in [1.165, 1.54) is 0 Å². The molecule has 78 valence electrons. The standard InChI is InChI=1S/C6H10O.C4H2O3.Na.H/c1-5(2)7-6(3)4;5-3-1-2-4(6)7-3;;/h1,3H2,2,4H3;1-2H;;. The second kappa shape index (κ2) is 8.47. The van der Waals surface area contributed by atoms with Crippen molar-refractivity contribution in [1.29, 1.82) is 0 Å². The fourth-order valence-electron chi connectivity index (χ4n) is 0.601. The molecule has 1 aliphatic heterocycles. The van der Waals surface area contributed by atoms with Gasteiger partial charge in [0.1, 0.15) is 0 Å². The second-order valence-electron chi connectivity index (χ2n) is 2.58. The van der Waals surface area contributed by atoms with Crippen LogP contribution in [0.3, 0.4) is 0 Å². The van der Waals surface area contributed by atoms with Gasteiger partial charge in [0.2, 0.25) is 0 Å². The van der Waals surface area contributed by atoms with E-state index in [-0.39, 0.29) is 29.6 Å². The van der Waals surface area contributed by atoms with E-state index in [1.807, 2.05) is 0 Å². The Kier molecular flexibility index (Phi) is 9.36. The van der Waals surface area contributed by atoms with Gasteiger partial charge < -0.3 is 9.47 Å². The molecular weight excluding hydrogens is 207 g/mol. The van der Waals surface area contributed by atoms with Crippen LogP contribution in [0.25, 0.3) is 0 Å². The van der Waals surface area contributed by atoms with E-state index in [1.54, 1.807) is 13.8 Å². The Morgan fingerprint density at radius 2 is 1.47 bits per heavy atom. The molecule has 0 N–H and O–H groups in total. The zero-order valence-corrected chi connectivity index (χ0v) is 8.20. The van der Waals surface area contributed by atoms with Crippen LogP contribution in [0.4, 0.5) is 0 Å². The molecule has 0 spiro atoms. The Labute approximate surface area is 111 Å². The Morgan fingerprint density at radius 1 is 1.13 bits per heavy atom. The molecule has 0 unspecified atom stereocenters. The second-order valence-corrected chi connectivity index (χ2v) is 2.58. The van der Waals surface area contributed by atoms with Crippen molar-refractivity contribution in [2.45, 2.75) is 13.8 Å². The van der Waals surface area contributed by atoms with Gasteiger partial charge in [-0.2, -0.15) is 0 Å². The molecule has 5 heteroatoms. The molecule has 0 saturated heterocycles. The molecule has 4 nitrogen and oxygen atoms in total. The molecule has 0 aromatic rings. The van der Waals surface area contributed by atoms with Gasteiger partial charge in [-0.15, -0.1) is 0 Å². The van der Waals surface area contributed by atoms with Gasteiger partial charge in [0, 0.05) is 12.2 Å². The van der Waals surface area contributed by atoms with Crippen LogP contribution in [-0.2, 0) is 19.1 Å². The van der Waals surface area contributed by atoms with Crippen LogP contribution >= 0.6 is 0 Å². The first-order valence-corrected chi connectivity index (χ1v) is 3.84. The topological polar surface area (TPSA) is 52.6 Å². The molecule has 0 fully saturated rings. The van der Waals surface area contributed by atoms with E-state index in [2.05, 4.69) is 17.9 Å². The Morgan fingerprint density at radius 3 is 1.53 bits per heavy atom. The number of cyclic esters (lactones) is 2. The molecule has 0 bridgehead atoms. The average Bonchev–Trinajstić information content (AvgIpc) is 2.32. The van der Waals surface area contributed by atoms with E-state index in [9.17, 15) is 9.59 Å². The minimum absolute atomic E-state index is 0. The van der Waals surface area contributed by atoms with E-state index >= 15 is 0 Å². The molecule has 0 saturated carbocycles. The van der Waals surface area contributed by atoms with E-state index in [0.29, 0.717) is 11.5 Å². The average molecular weight is 220 g/mol. The summed E-state index contributed by atoms with van der Waals surface area (Å²) in [4.78, 5) is 19.8. The quantitative estimate of drug-likeness (QED) is 0.302. The third-order valence-electron chi connectivity index (χ3n) is 0.905. The molecule has 1 rings (SSSR count). The third kappa shape index (κ3) is 11.1. The Balaban J connectivity index is 0. The normalized spacial score (nSPS) is 11.9. The third-order valence-corrected chi connectivity index (χ3v) is 0.905. The summed E-state index contributed by atoms with van der Waals surface area (Å²) in [6.07, 6.45) is 2.17. The fraction of sp³-hybridized carbons (Fsp3) is 0.200. The van der Waals surface area contributed by atoms with E-state index in [4.69, 9.17) is 4.74 Å². The van der Waals surface area contributed by atoms with Crippen molar-refractivity contribution in [3.63, 3.8) is 0 Å². The SMILES string of the molecule is C=C(C)OC(=C)C.O=C1C=CC(=O)O1.[NaH]. The van der Waals surface area contributed by atoms with Crippen molar-refractivity contribution in [3.8, 4) is 0 Å². The molecule has 0 amide bonds. The summed E-state index contributed by atoms with van der Waals surface area (Å²) in [5.41, 5.74) is 0. The van der Waals surface area contributed by atoms with Crippen LogP contribution in [0.2, 0.25) is 0 Å². The van der Waals surface area contributed by atoms with Crippen LogP contribution in [0.15, 0.2) is 36.8 Å². The van der Waals surface area contributed by atoms with Gasteiger partial charge in [-0.1, -0.05) is 13.2 Å². The number of hydrogen-bond acceptors (Lipinski definition) is 4. The molecule has 0 aliphatic carbocycles. The fourth-order valence-corrected chi connectivity index (χ4v) is 0.601. The molecule has 0 aromatic carbocycles. The number of carbonyl (C=O) groups excluding carboxylic acids is 2. The maximum absolute atomic E-state index is 9.92. The van der Waals surface area contributed by atoms with Gasteiger partial charge in [0.15, 0.2) is 0 Å². The van der Waals surface area contributed by atoms with Crippen molar-refractivity contribution in [2.24, 2.45) is 0 Å². The Bertz CT molecular complexity index is 277. The number of ether oxygens (including phenoxy) is 2. The van der Waals surface area contributed by atoms with Crippen molar-refractivity contribution in [2.75, 3.05) is 0 Å². The van der Waals surface area contributed by atoms with Crippen molar-refractivity contribution in [3.05, 3.63) is 36.8 Å². The summed E-state index contributed by atoms with van der Waals surface area (Å²) in [7, 11) is 0. The number of rotatable bonds is 2. The minimum atomic E-state index is -0.579. The van der Waals surface area contributed by atoms with Crippen LogP contribution in [0.1, 0.15) is 13.8 Å². The summed E-state index contributed by atoms with van der Waals surface area (Å²) in [6, 6.07) is 0. The monoisotopic (exact) mass is 220 g/mol. The number of esters is 2.